The maximum Gasteiger partial charge on any atom is 0.421 e. The third-order valence-corrected chi connectivity index (χ3v) is 10.0. The number of nitrogens with zero attached hydrogens (tertiary/aromatic N) is 4. The van der Waals surface area contributed by atoms with Crippen LogP contribution >= 0.6 is 0 Å². The quantitative estimate of drug-likeness (QED) is 0.163. The summed E-state index contributed by atoms with van der Waals surface area (Å²) in [4.78, 5) is 35.1. The number of carbonyl (C=O) groups is 2. The molecule has 2 saturated heterocycles. The molecule has 0 saturated carbocycles. The number of halogens is 4. The summed E-state index contributed by atoms with van der Waals surface area (Å²) < 4.78 is 80.1. The lowest BCUT2D eigenvalue weighted by atomic mass is 9.89. The van der Waals surface area contributed by atoms with E-state index in [0.717, 1.165) is 37.8 Å². The van der Waals surface area contributed by atoms with E-state index in [1.54, 1.807) is 18.2 Å². The van der Waals surface area contributed by atoms with Gasteiger partial charge >= 0.3 is 12.2 Å². The highest BCUT2D eigenvalue weighted by molar-refractivity contribution is 7.90. The van der Waals surface area contributed by atoms with Crippen molar-refractivity contribution in [3.8, 4) is 0 Å². The number of nitrogens with one attached hydrogen (secondary N) is 3. The van der Waals surface area contributed by atoms with Gasteiger partial charge in [0.05, 0.1) is 4.90 Å². The zero-order valence-electron chi connectivity index (χ0n) is 27.5. The van der Waals surface area contributed by atoms with Crippen molar-refractivity contribution in [2.45, 2.75) is 49.3 Å². The number of anilines is 4. The molecule has 0 aliphatic carbocycles. The fourth-order valence-electron chi connectivity index (χ4n) is 6.13. The summed E-state index contributed by atoms with van der Waals surface area (Å²) in [6, 6.07) is 17.6. The van der Waals surface area contributed by atoms with Crippen molar-refractivity contribution in [3.05, 3.63) is 101 Å². The molecule has 0 bridgehead atoms. The number of hydrogen-bond acceptors (Lipinski definition) is 9. The lowest BCUT2D eigenvalue weighted by Gasteiger charge is -2.32. The topological polar surface area (TPSA) is 137 Å². The Labute approximate surface area is 292 Å². The molecule has 0 spiro atoms. The van der Waals surface area contributed by atoms with Crippen LogP contribution in [0.1, 0.15) is 47.4 Å². The van der Waals surface area contributed by atoms with E-state index >= 15 is 4.39 Å². The average molecular weight is 726 g/mol. The molecule has 2 aliphatic rings. The SMILES string of the molecule is CS(=O)(=O)c1cccc(CNc2nc(Nc3ccc(C4CCN(Cc5ccc(N6CCC(=O)NC6=O)cc5F)CC4)cc3)ncc2C(F)(F)F)c1. The number of sulfone groups is 1. The molecule has 4 aromatic rings. The van der Waals surface area contributed by atoms with Gasteiger partial charge in [0.1, 0.15) is 17.2 Å². The highest BCUT2D eigenvalue weighted by Gasteiger charge is 2.35. The van der Waals surface area contributed by atoms with Crippen LogP contribution in [0.15, 0.2) is 77.8 Å². The van der Waals surface area contributed by atoms with Crippen LogP contribution < -0.4 is 20.9 Å². The van der Waals surface area contributed by atoms with Crippen molar-refractivity contribution in [1.29, 1.82) is 0 Å². The summed E-state index contributed by atoms with van der Waals surface area (Å²) in [6.07, 6.45) is -1.12. The second kappa shape index (κ2) is 14.6. The first-order chi connectivity index (χ1) is 24.2. The Morgan fingerprint density at radius 3 is 2.39 bits per heavy atom. The van der Waals surface area contributed by atoms with Crippen molar-refractivity contribution in [2.24, 2.45) is 0 Å². The van der Waals surface area contributed by atoms with Crippen LogP contribution in [-0.2, 0) is 33.9 Å². The Morgan fingerprint density at radius 2 is 1.73 bits per heavy atom. The standard InChI is InChI=1S/C35H35F4N7O4S/c1-51(49,50)28-4-2-3-22(17-28)19-40-32-29(35(37,38)39)20-41-33(44-32)42-26-8-5-23(6-9-26)24-11-14-45(15-12-24)21-25-7-10-27(18-30(25)36)46-16-13-31(47)43-34(46)48/h2-10,17-18,20,24H,11-16,19,21H2,1H3,(H,43,47,48)(H2,40,41,42,44). The molecular weight excluding hydrogens is 690 g/mol. The first-order valence-electron chi connectivity index (χ1n) is 16.2. The van der Waals surface area contributed by atoms with E-state index in [0.29, 0.717) is 35.2 Å². The molecule has 2 fully saturated rings. The van der Waals surface area contributed by atoms with Crippen LogP contribution in [0.3, 0.4) is 0 Å². The van der Waals surface area contributed by atoms with E-state index in [9.17, 15) is 31.2 Å². The lowest BCUT2D eigenvalue weighted by Crippen LogP contribution is -2.49. The zero-order valence-corrected chi connectivity index (χ0v) is 28.3. The number of imide groups is 1. The number of rotatable bonds is 10. The minimum Gasteiger partial charge on any atom is -0.365 e. The van der Waals surface area contributed by atoms with E-state index in [2.05, 4.69) is 30.8 Å². The van der Waals surface area contributed by atoms with Crippen LogP contribution in [0.25, 0.3) is 0 Å². The van der Waals surface area contributed by atoms with Gasteiger partial charge in [0.25, 0.3) is 0 Å². The number of hydrogen-bond donors (Lipinski definition) is 3. The molecule has 3 heterocycles. The largest absolute Gasteiger partial charge is 0.421 e. The molecule has 3 aromatic carbocycles. The number of likely N-dealkylation sites (tertiary alicyclic amines) is 1. The summed E-state index contributed by atoms with van der Waals surface area (Å²) in [5.41, 5.74) is 2.00. The molecular formula is C35H35F4N7O4S. The summed E-state index contributed by atoms with van der Waals surface area (Å²) in [5, 5.41) is 7.87. The van der Waals surface area contributed by atoms with Crippen LogP contribution in [0, 0.1) is 5.82 Å². The fraction of sp³-hybridized carbons (Fsp3) is 0.314. The molecule has 16 heteroatoms. The van der Waals surface area contributed by atoms with Crippen molar-refractivity contribution >= 4 is 44.9 Å². The molecule has 51 heavy (non-hydrogen) atoms. The Morgan fingerprint density at radius 1 is 0.980 bits per heavy atom. The lowest BCUT2D eigenvalue weighted by molar-refractivity contribution is -0.137. The molecule has 3 N–H and O–H groups in total. The van der Waals surface area contributed by atoms with Gasteiger partial charge in [-0.2, -0.15) is 18.2 Å². The number of amides is 3. The second-order valence-corrected chi connectivity index (χ2v) is 14.6. The first kappa shape index (κ1) is 35.7. The van der Waals surface area contributed by atoms with Gasteiger partial charge in [-0.25, -0.2) is 22.6 Å². The van der Waals surface area contributed by atoms with Gasteiger partial charge in [0, 0.05) is 55.4 Å². The zero-order chi connectivity index (χ0) is 36.3. The van der Waals surface area contributed by atoms with E-state index in [1.807, 2.05) is 24.3 Å². The summed E-state index contributed by atoms with van der Waals surface area (Å²) in [5.74, 6) is -0.999. The minimum atomic E-state index is -4.72. The summed E-state index contributed by atoms with van der Waals surface area (Å²) in [7, 11) is -3.49. The number of urea groups is 1. The first-order valence-corrected chi connectivity index (χ1v) is 18.1. The molecule has 2 aliphatic heterocycles. The van der Waals surface area contributed by atoms with Crippen molar-refractivity contribution < 1.29 is 35.6 Å². The number of aromatic nitrogens is 2. The third kappa shape index (κ3) is 8.80. The molecule has 11 nitrogen and oxygen atoms in total. The molecule has 6 rings (SSSR count). The van der Waals surface area contributed by atoms with E-state index in [1.165, 1.54) is 29.2 Å². The average Bonchev–Trinajstić information content (AvgIpc) is 3.08. The van der Waals surface area contributed by atoms with Gasteiger partial charge in [-0.15, -0.1) is 0 Å². The molecule has 0 atom stereocenters. The Bertz CT molecular complexity index is 2040. The number of piperidine rings is 1. The minimum absolute atomic E-state index is 0.0500. The van der Waals surface area contributed by atoms with Crippen molar-refractivity contribution in [3.63, 3.8) is 0 Å². The number of carbonyl (C=O) groups excluding carboxylic acids is 2. The molecule has 1 aromatic heterocycles. The molecule has 0 radical (unpaired) electrons. The summed E-state index contributed by atoms with van der Waals surface area (Å²) >= 11 is 0. The van der Waals surface area contributed by atoms with Crippen molar-refractivity contribution in [1.82, 2.24) is 20.2 Å². The fourth-order valence-corrected chi connectivity index (χ4v) is 6.82. The smallest absolute Gasteiger partial charge is 0.365 e. The monoisotopic (exact) mass is 725 g/mol. The molecule has 0 unspecified atom stereocenters. The highest BCUT2D eigenvalue weighted by Crippen LogP contribution is 2.35. The predicted octanol–water partition coefficient (Wildman–Crippen LogP) is 6.22. The van der Waals surface area contributed by atoms with Crippen LogP contribution in [0.4, 0.5) is 45.5 Å². The van der Waals surface area contributed by atoms with Gasteiger partial charge < -0.3 is 10.6 Å². The van der Waals surface area contributed by atoms with Crippen LogP contribution in [0.5, 0.6) is 0 Å². The van der Waals surface area contributed by atoms with Gasteiger partial charge in [-0.1, -0.05) is 30.3 Å². The Balaban J connectivity index is 1.05. The van der Waals surface area contributed by atoms with E-state index in [-0.39, 0.29) is 42.2 Å². The normalized spacial score (nSPS) is 16.2. The van der Waals surface area contributed by atoms with E-state index < -0.39 is 39.2 Å². The second-order valence-electron chi connectivity index (χ2n) is 12.6. The van der Waals surface area contributed by atoms with Gasteiger partial charge in [-0.3, -0.25) is 19.9 Å². The van der Waals surface area contributed by atoms with Crippen LogP contribution in [-0.4, -0.2) is 61.1 Å². The van der Waals surface area contributed by atoms with Crippen LogP contribution in [0.2, 0.25) is 0 Å². The maximum absolute atomic E-state index is 15.0. The Hall–Kier alpha value is -5.09. The highest BCUT2D eigenvalue weighted by atomic mass is 32.2. The number of alkyl halides is 3. The maximum atomic E-state index is 15.0. The third-order valence-electron chi connectivity index (χ3n) is 8.90. The molecule has 3 amide bonds. The van der Waals surface area contributed by atoms with Gasteiger partial charge in [0.15, 0.2) is 9.84 Å². The van der Waals surface area contributed by atoms with Gasteiger partial charge in [-0.05, 0) is 79.4 Å². The van der Waals surface area contributed by atoms with Gasteiger partial charge in [0.2, 0.25) is 11.9 Å². The summed E-state index contributed by atoms with van der Waals surface area (Å²) in [6.45, 7) is 2.01. The van der Waals surface area contributed by atoms with Crippen molar-refractivity contribution in [2.75, 3.05) is 41.4 Å². The van der Waals surface area contributed by atoms with E-state index in [4.69, 9.17) is 0 Å². The molecule has 268 valence electrons. The number of benzene rings is 3. The predicted molar refractivity (Wildman–Crippen MR) is 183 cm³/mol. The Kier molecular flexibility index (Phi) is 10.3.